The quantitative estimate of drug-likeness (QED) is 0.798. The molecule has 2 N–H and O–H groups in total. The summed E-state index contributed by atoms with van der Waals surface area (Å²) in [7, 11) is -0.792. The maximum absolute atomic E-state index is 12.5. The van der Waals surface area contributed by atoms with Gasteiger partial charge in [0.2, 0.25) is 0 Å². The molecule has 0 amide bonds. The maximum atomic E-state index is 12.5. The van der Waals surface area contributed by atoms with Gasteiger partial charge in [-0.2, -0.15) is 0 Å². The van der Waals surface area contributed by atoms with E-state index in [1.54, 1.807) is 18.2 Å². The van der Waals surface area contributed by atoms with E-state index in [1.807, 2.05) is 0 Å². The highest BCUT2D eigenvalue weighted by Gasteiger charge is 2.21. The Morgan fingerprint density at radius 3 is 2.42 bits per heavy atom. The summed E-state index contributed by atoms with van der Waals surface area (Å²) < 4.78 is 37.7. The number of nitrogens with zero attached hydrogens (tertiary/aromatic N) is 1. The molecule has 0 radical (unpaired) electrons. The monoisotopic (exact) mass is 349 g/mol. The van der Waals surface area contributed by atoms with Crippen molar-refractivity contribution in [1.82, 2.24) is 4.98 Å². The summed E-state index contributed by atoms with van der Waals surface area (Å²) in [4.78, 5) is 4.30. The first-order chi connectivity index (χ1) is 11.5. The van der Waals surface area contributed by atoms with Crippen molar-refractivity contribution in [1.29, 1.82) is 0 Å². The second kappa shape index (κ2) is 6.56. The van der Waals surface area contributed by atoms with Crippen molar-refractivity contribution in [2.45, 2.75) is 23.8 Å². The summed E-state index contributed by atoms with van der Waals surface area (Å²) in [5, 5.41) is 3.25. The Labute approximate surface area is 141 Å². The fourth-order valence-electron chi connectivity index (χ4n) is 2.17. The molecule has 0 aliphatic heterocycles. The minimum atomic E-state index is -3.74. The van der Waals surface area contributed by atoms with Gasteiger partial charge in [-0.05, 0) is 37.1 Å². The summed E-state index contributed by atoms with van der Waals surface area (Å²) >= 11 is 0. The van der Waals surface area contributed by atoms with Gasteiger partial charge < -0.3 is 14.8 Å². The molecular weight excluding hydrogens is 330 g/mol. The van der Waals surface area contributed by atoms with Gasteiger partial charge >= 0.3 is 0 Å². The van der Waals surface area contributed by atoms with Gasteiger partial charge in [0, 0.05) is 12.1 Å². The highest BCUT2D eigenvalue weighted by atomic mass is 32.2. The summed E-state index contributed by atoms with van der Waals surface area (Å²) in [5.41, 5.74) is 0.395. The van der Waals surface area contributed by atoms with Gasteiger partial charge in [0.1, 0.15) is 5.82 Å². The van der Waals surface area contributed by atoms with E-state index < -0.39 is 10.0 Å². The molecule has 1 fully saturated rings. The highest BCUT2D eigenvalue weighted by molar-refractivity contribution is 7.92. The Bertz CT molecular complexity index is 818. The van der Waals surface area contributed by atoms with Crippen molar-refractivity contribution in [2.75, 3.05) is 24.3 Å². The summed E-state index contributed by atoms with van der Waals surface area (Å²) in [5.74, 6) is 1.56. The third-order valence-electron chi connectivity index (χ3n) is 3.61. The molecule has 2 aromatic rings. The number of pyridine rings is 1. The van der Waals surface area contributed by atoms with Crippen LogP contribution in [-0.2, 0) is 10.0 Å². The van der Waals surface area contributed by atoms with E-state index in [2.05, 4.69) is 15.0 Å². The molecule has 0 atom stereocenters. The highest BCUT2D eigenvalue weighted by Crippen LogP contribution is 2.30. The SMILES string of the molecule is COc1ccc(S(=O)(=O)Nc2ccc(NC3CC3)nc2)cc1OC. The fraction of sp³-hybridized carbons (Fsp3) is 0.312. The minimum absolute atomic E-state index is 0.0836. The standard InChI is InChI=1S/C16H19N3O4S/c1-22-14-7-6-13(9-15(14)23-2)24(20,21)19-12-5-8-16(17-10-12)18-11-3-4-11/h5-11,19H,3-4H2,1-2H3,(H,17,18). The van der Waals surface area contributed by atoms with Gasteiger partial charge in [-0.25, -0.2) is 13.4 Å². The van der Waals surface area contributed by atoms with E-state index in [-0.39, 0.29) is 4.90 Å². The van der Waals surface area contributed by atoms with Crippen LogP contribution >= 0.6 is 0 Å². The Hall–Kier alpha value is -2.48. The van der Waals surface area contributed by atoms with E-state index >= 15 is 0 Å². The van der Waals surface area contributed by atoms with Crippen LogP contribution in [0, 0.1) is 0 Å². The van der Waals surface area contributed by atoms with Gasteiger partial charge in [0.15, 0.2) is 11.5 Å². The van der Waals surface area contributed by atoms with Crippen molar-refractivity contribution in [2.24, 2.45) is 0 Å². The predicted octanol–water partition coefficient (Wildman–Crippen LogP) is 2.47. The lowest BCUT2D eigenvalue weighted by Gasteiger charge is -2.12. The lowest BCUT2D eigenvalue weighted by Crippen LogP contribution is -2.13. The number of methoxy groups -OCH3 is 2. The number of hydrogen-bond donors (Lipinski definition) is 2. The van der Waals surface area contributed by atoms with Crippen LogP contribution < -0.4 is 19.5 Å². The number of aromatic nitrogens is 1. The molecule has 0 saturated heterocycles. The first kappa shape index (κ1) is 16.4. The van der Waals surface area contributed by atoms with Crippen LogP contribution in [0.3, 0.4) is 0 Å². The predicted molar refractivity (Wildman–Crippen MR) is 91.2 cm³/mol. The van der Waals surface area contributed by atoms with Crippen LogP contribution in [-0.4, -0.2) is 33.7 Å². The molecule has 3 rings (SSSR count). The Morgan fingerprint density at radius 2 is 1.83 bits per heavy atom. The summed E-state index contributed by atoms with van der Waals surface area (Å²) in [6.45, 7) is 0. The number of hydrogen-bond acceptors (Lipinski definition) is 6. The normalized spacial score (nSPS) is 14.1. The summed E-state index contributed by atoms with van der Waals surface area (Å²) in [6.07, 6.45) is 3.79. The lowest BCUT2D eigenvalue weighted by atomic mass is 10.3. The molecule has 24 heavy (non-hydrogen) atoms. The van der Waals surface area contributed by atoms with Crippen molar-refractivity contribution in [3.05, 3.63) is 36.5 Å². The Morgan fingerprint density at radius 1 is 1.08 bits per heavy atom. The molecule has 0 unspecified atom stereocenters. The van der Waals surface area contributed by atoms with E-state index in [1.165, 1.54) is 32.5 Å². The summed E-state index contributed by atoms with van der Waals surface area (Å²) in [6, 6.07) is 8.35. The van der Waals surface area contributed by atoms with Crippen LogP contribution in [0.5, 0.6) is 11.5 Å². The first-order valence-electron chi connectivity index (χ1n) is 7.49. The van der Waals surface area contributed by atoms with Crippen molar-refractivity contribution in [3.63, 3.8) is 0 Å². The zero-order valence-corrected chi connectivity index (χ0v) is 14.3. The second-order valence-electron chi connectivity index (χ2n) is 5.47. The molecule has 8 heteroatoms. The average Bonchev–Trinajstić information content (AvgIpc) is 3.39. The zero-order valence-electron chi connectivity index (χ0n) is 13.4. The molecule has 128 valence electrons. The van der Waals surface area contributed by atoms with Gasteiger partial charge in [0.25, 0.3) is 10.0 Å². The largest absolute Gasteiger partial charge is 0.493 e. The molecule has 1 aliphatic rings. The molecule has 1 aliphatic carbocycles. The number of ether oxygens (including phenoxy) is 2. The van der Waals surface area contributed by atoms with Crippen LogP contribution in [0.25, 0.3) is 0 Å². The lowest BCUT2D eigenvalue weighted by molar-refractivity contribution is 0.354. The number of anilines is 2. The van der Waals surface area contributed by atoms with Crippen LogP contribution in [0.4, 0.5) is 11.5 Å². The van der Waals surface area contributed by atoms with Gasteiger partial charge in [-0.1, -0.05) is 0 Å². The van der Waals surface area contributed by atoms with Crippen molar-refractivity contribution < 1.29 is 17.9 Å². The maximum Gasteiger partial charge on any atom is 0.262 e. The third kappa shape index (κ3) is 3.70. The molecule has 0 spiro atoms. The molecule has 1 heterocycles. The van der Waals surface area contributed by atoms with Gasteiger partial charge in [-0.15, -0.1) is 0 Å². The van der Waals surface area contributed by atoms with Crippen LogP contribution in [0.2, 0.25) is 0 Å². The molecule has 1 aromatic heterocycles. The average molecular weight is 349 g/mol. The molecule has 1 saturated carbocycles. The van der Waals surface area contributed by atoms with E-state index in [4.69, 9.17) is 9.47 Å². The van der Waals surface area contributed by atoms with E-state index in [9.17, 15) is 8.42 Å². The number of sulfonamides is 1. The zero-order chi connectivity index (χ0) is 17.2. The topological polar surface area (TPSA) is 89.6 Å². The fourth-order valence-corrected chi connectivity index (χ4v) is 3.23. The molecule has 1 aromatic carbocycles. The molecular formula is C16H19N3O4S. The smallest absolute Gasteiger partial charge is 0.262 e. The third-order valence-corrected chi connectivity index (χ3v) is 4.99. The van der Waals surface area contributed by atoms with Gasteiger partial charge in [-0.3, -0.25) is 4.72 Å². The Kier molecular flexibility index (Phi) is 4.48. The Balaban J connectivity index is 1.77. The van der Waals surface area contributed by atoms with Crippen LogP contribution in [0.15, 0.2) is 41.4 Å². The van der Waals surface area contributed by atoms with E-state index in [0.717, 1.165) is 18.7 Å². The van der Waals surface area contributed by atoms with E-state index in [0.29, 0.717) is 23.2 Å². The minimum Gasteiger partial charge on any atom is -0.493 e. The molecule has 0 bridgehead atoms. The number of nitrogens with one attached hydrogen (secondary N) is 2. The van der Waals surface area contributed by atoms with Crippen molar-refractivity contribution >= 4 is 21.5 Å². The van der Waals surface area contributed by atoms with Gasteiger partial charge in [0.05, 0.1) is 31.0 Å². The number of benzene rings is 1. The molecule has 7 nitrogen and oxygen atoms in total. The second-order valence-corrected chi connectivity index (χ2v) is 7.16. The van der Waals surface area contributed by atoms with Crippen molar-refractivity contribution in [3.8, 4) is 11.5 Å². The van der Waals surface area contributed by atoms with Crippen LogP contribution in [0.1, 0.15) is 12.8 Å². The first-order valence-corrected chi connectivity index (χ1v) is 8.97. The number of rotatable bonds is 7.